The number of anilines is 2. The first-order chi connectivity index (χ1) is 8.22. The molecule has 0 radical (unpaired) electrons. The van der Waals surface area contributed by atoms with E-state index in [4.69, 9.17) is 0 Å². The fraction of sp³-hybridized carbons (Fsp3) is 0.667. The molecule has 5 heteroatoms. The summed E-state index contributed by atoms with van der Waals surface area (Å²) in [7, 11) is 1.81. The van der Waals surface area contributed by atoms with Gasteiger partial charge in [-0.2, -0.15) is 4.98 Å². The largest absolute Gasteiger partial charge is 0.396 e. The molecule has 1 aromatic rings. The Balaban J connectivity index is 2.09. The highest BCUT2D eigenvalue weighted by Gasteiger charge is 2.26. The van der Waals surface area contributed by atoms with Gasteiger partial charge in [-0.25, -0.2) is 4.98 Å². The van der Waals surface area contributed by atoms with Crippen molar-refractivity contribution in [2.75, 3.05) is 24.3 Å². The van der Waals surface area contributed by atoms with Crippen LogP contribution in [0.2, 0.25) is 0 Å². The Hall–Kier alpha value is -1.36. The van der Waals surface area contributed by atoms with Gasteiger partial charge in [0.15, 0.2) is 0 Å². The van der Waals surface area contributed by atoms with E-state index in [-0.39, 0.29) is 6.61 Å². The van der Waals surface area contributed by atoms with Crippen molar-refractivity contribution in [2.45, 2.75) is 32.2 Å². The molecule has 1 saturated carbocycles. The standard InChI is InChI=1S/C12H20N4O/c1-8-6-11(16-12(13-2)14-8)15-10-5-3-4-9(10)7-17/h6,9-10,17H,3-5,7H2,1-2H3,(H2,13,14,15,16). The van der Waals surface area contributed by atoms with Gasteiger partial charge in [-0.1, -0.05) is 6.42 Å². The highest BCUT2D eigenvalue weighted by molar-refractivity contribution is 5.42. The summed E-state index contributed by atoms with van der Waals surface area (Å²) in [4.78, 5) is 8.62. The summed E-state index contributed by atoms with van der Waals surface area (Å²) in [6.45, 7) is 2.20. The van der Waals surface area contributed by atoms with Crippen LogP contribution in [0.4, 0.5) is 11.8 Å². The summed E-state index contributed by atoms with van der Waals surface area (Å²) in [5.74, 6) is 1.82. The van der Waals surface area contributed by atoms with E-state index in [1.54, 1.807) is 0 Å². The molecule has 1 aliphatic carbocycles. The van der Waals surface area contributed by atoms with Crippen LogP contribution in [0, 0.1) is 12.8 Å². The molecule has 0 amide bonds. The second-order valence-corrected chi connectivity index (χ2v) is 4.59. The molecule has 1 fully saturated rings. The Bertz CT molecular complexity index is 383. The van der Waals surface area contributed by atoms with Gasteiger partial charge in [0.25, 0.3) is 0 Å². The molecule has 5 nitrogen and oxygen atoms in total. The Morgan fingerprint density at radius 3 is 2.94 bits per heavy atom. The monoisotopic (exact) mass is 236 g/mol. The van der Waals surface area contributed by atoms with Crippen LogP contribution in [0.25, 0.3) is 0 Å². The van der Waals surface area contributed by atoms with Gasteiger partial charge in [0.2, 0.25) is 5.95 Å². The fourth-order valence-electron chi connectivity index (χ4n) is 2.39. The minimum atomic E-state index is 0.251. The second-order valence-electron chi connectivity index (χ2n) is 4.59. The molecular formula is C12H20N4O. The average molecular weight is 236 g/mol. The Labute approximate surface area is 102 Å². The molecule has 3 N–H and O–H groups in total. The van der Waals surface area contributed by atoms with Crippen LogP contribution in [0.5, 0.6) is 0 Å². The lowest BCUT2D eigenvalue weighted by atomic mass is 10.1. The van der Waals surface area contributed by atoms with E-state index >= 15 is 0 Å². The van der Waals surface area contributed by atoms with Gasteiger partial charge in [0.05, 0.1) is 0 Å². The van der Waals surface area contributed by atoms with Crippen LogP contribution in [0.15, 0.2) is 6.07 Å². The number of aromatic nitrogens is 2. The third kappa shape index (κ3) is 2.85. The molecule has 0 aliphatic heterocycles. The number of aliphatic hydroxyl groups excluding tert-OH is 1. The van der Waals surface area contributed by atoms with Crippen molar-refractivity contribution >= 4 is 11.8 Å². The van der Waals surface area contributed by atoms with E-state index < -0.39 is 0 Å². The van der Waals surface area contributed by atoms with Crippen molar-refractivity contribution < 1.29 is 5.11 Å². The molecule has 94 valence electrons. The summed E-state index contributed by atoms with van der Waals surface area (Å²) in [6.07, 6.45) is 3.37. The molecule has 0 saturated heterocycles. The van der Waals surface area contributed by atoms with E-state index in [2.05, 4.69) is 20.6 Å². The summed E-state index contributed by atoms with van der Waals surface area (Å²) in [5, 5.41) is 15.6. The number of aryl methyl sites for hydroxylation is 1. The molecular weight excluding hydrogens is 216 g/mol. The predicted octanol–water partition coefficient (Wildman–Crippen LogP) is 1.40. The molecule has 0 aromatic carbocycles. The molecule has 1 aliphatic rings. The summed E-state index contributed by atoms with van der Waals surface area (Å²) < 4.78 is 0. The first-order valence-corrected chi connectivity index (χ1v) is 6.13. The van der Waals surface area contributed by atoms with Crippen LogP contribution in [-0.4, -0.2) is 34.8 Å². The summed E-state index contributed by atoms with van der Waals surface area (Å²) >= 11 is 0. The van der Waals surface area contributed by atoms with Crippen molar-refractivity contribution in [1.29, 1.82) is 0 Å². The predicted molar refractivity (Wildman–Crippen MR) is 68.2 cm³/mol. The van der Waals surface area contributed by atoms with Crippen molar-refractivity contribution in [3.63, 3.8) is 0 Å². The van der Waals surface area contributed by atoms with E-state index in [1.165, 1.54) is 6.42 Å². The van der Waals surface area contributed by atoms with Gasteiger partial charge in [-0.3, -0.25) is 0 Å². The number of nitrogens with zero attached hydrogens (tertiary/aromatic N) is 2. The van der Waals surface area contributed by atoms with E-state index in [9.17, 15) is 5.11 Å². The van der Waals surface area contributed by atoms with Crippen LogP contribution in [-0.2, 0) is 0 Å². The summed E-state index contributed by atoms with van der Waals surface area (Å²) in [5.41, 5.74) is 0.936. The topological polar surface area (TPSA) is 70.1 Å². The number of hydrogen-bond donors (Lipinski definition) is 3. The molecule has 17 heavy (non-hydrogen) atoms. The molecule has 1 heterocycles. The molecule has 2 atom stereocenters. The van der Waals surface area contributed by atoms with Gasteiger partial charge < -0.3 is 15.7 Å². The Morgan fingerprint density at radius 2 is 2.24 bits per heavy atom. The Morgan fingerprint density at radius 1 is 1.41 bits per heavy atom. The molecule has 2 rings (SSSR count). The first kappa shape index (κ1) is 12.1. The SMILES string of the molecule is CNc1nc(C)cc(NC2CCCC2CO)n1. The molecule has 2 unspecified atom stereocenters. The number of nitrogens with one attached hydrogen (secondary N) is 2. The van der Waals surface area contributed by atoms with Gasteiger partial charge in [0, 0.05) is 37.4 Å². The van der Waals surface area contributed by atoms with Gasteiger partial charge in [-0.15, -0.1) is 0 Å². The van der Waals surface area contributed by atoms with Gasteiger partial charge >= 0.3 is 0 Å². The van der Waals surface area contributed by atoms with E-state index in [0.29, 0.717) is 17.9 Å². The first-order valence-electron chi connectivity index (χ1n) is 6.13. The number of rotatable bonds is 4. The van der Waals surface area contributed by atoms with Crippen molar-refractivity contribution in [1.82, 2.24) is 9.97 Å². The van der Waals surface area contributed by atoms with Crippen molar-refractivity contribution in [3.8, 4) is 0 Å². The number of hydrogen-bond acceptors (Lipinski definition) is 5. The average Bonchev–Trinajstić information content (AvgIpc) is 2.75. The zero-order chi connectivity index (χ0) is 12.3. The van der Waals surface area contributed by atoms with Crippen LogP contribution < -0.4 is 10.6 Å². The number of aliphatic hydroxyl groups is 1. The lowest BCUT2D eigenvalue weighted by Gasteiger charge is -2.20. The van der Waals surface area contributed by atoms with Crippen molar-refractivity contribution in [3.05, 3.63) is 11.8 Å². The lowest BCUT2D eigenvalue weighted by Crippen LogP contribution is -2.27. The van der Waals surface area contributed by atoms with Crippen LogP contribution >= 0.6 is 0 Å². The molecule has 1 aromatic heterocycles. The summed E-state index contributed by atoms with van der Waals surface area (Å²) in [6, 6.07) is 2.27. The second kappa shape index (κ2) is 5.31. The third-order valence-electron chi connectivity index (χ3n) is 3.30. The normalized spacial score (nSPS) is 23.7. The minimum absolute atomic E-state index is 0.251. The highest BCUT2D eigenvalue weighted by Crippen LogP contribution is 2.27. The molecule has 0 bridgehead atoms. The van der Waals surface area contributed by atoms with Crippen LogP contribution in [0.3, 0.4) is 0 Å². The smallest absolute Gasteiger partial charge is 0.224 e. The maximum absolute atomic E-state index is 9.28. The van der Waals surface area contributed by atoms with Gasteiger partial charge in [0.1, 0.15) is 5.82 Å². The minimum Gasteiger partial charge on any atom is -0.396 e. The lowest BCUT2D eigenvalue weighted by molar-refractivity contribution is 0.222. The third-order valence-corrected chi connectivity index (χ3v) is 3.30. The quantitative estimate of drug-likeness (QED) is 0.737. The zero-order valence-electron chi connectivity index (χ0n) is 10.4. The maximum Gasteiger partial charge on any atom is 0.224 e. The van der Waals surface area contributed by atoms with E-state index in [0.717, 1.165) is 24.4 Å². The van der Waals surface area contributed by atoms with Crippen LogP contribution in [0.1, 0.15) is 25.0 Å². The Kier molecular flexibility index (Phi) is 3.78. The maximum atomic E-state index is 9.28. The fourth-order valence-corrected chi connectivity index (χ4v) is 2.39. The highest BCUT2D eigenvalue weighted by atomic mass is 16.3. The van der Waals surface area contributed by atoms with E-state index in [1.807, 2.05) is 20.0 Å². The van der Waals surface area contributed by atoms with Crippen molar-refractivity contribution in [2.24, 2.45) is 5.92 Å². The zero-order valence-corrected chi connectivity index (χ0v) is 10.4. The molecule has 0 spiro atoms. The van der Waals surface area contributed by atoms with Gasteiger partial charge in [-0.05, 0) is 19.8 Å².